The molecule has 0 spiro atoms. The van der Waals surface area contributed by atoms with Gasteiger partial charge in [0.1, 0.15) is 4.75 Å². The van der Waals surface area contributed by atoms with Crippen molar-refractivity contribution in [1.82, 2.24) is 4.72 Å². The number of esters is 1. The highest BCUT2D eigenvalue weighted by Crippen LogP contribution is 2.45. The van der Waals surface area contributed by atoms with Gasteiger partial charge in [0, 0.05) is 15.8 Å². The number of benzene rings is 1. The smallest absolute Gasteiger partial charge is 0.338 e. The van der Waals surface area contributed by atoms with Gasteiger partial charge >= 0.3 is 5.97 Å². The lowest BCUT2D eigenvalue weighted by atomic mass is 9.71. The normalized spacial score (nSPS) is 18.5. The lowest BCUT2D eigenvalue weighted by Crippen LogP contribution is -2.55. The minimum absolute atomic E-state index is 0.361. The number of carbonyl (C=O) groups is 1. The van der Waals surface area contributed by atoms with Gasteiger partial charge in [-0.15, -0.1) is 4.72 Å². The van der Waals surface area contributed by atoms with E-state index < -0.39 is 16.9 Å². The van der Waals surface area contributed by atoms with Crippen LogP contribution in [0.25, 0.3) is 0 Å². The van der Waals surface area contributed by atoms with Crippen LogP contribution >= 0.6 is 15.9 Å². The number of methoxy groups -OCH3 is 1. The average molecular weight is 388 g/mol. The highest BCUT2D eigenvalue weighted by molar-refractivity contribution is 9.10. The molecule has 1 aliphatic carbocycles. The number of ether oxygens (including phenoxy) is 1. The van der Waals surface area contributed by atoms with Gasteiger partial charge in [0.15, 0.2) is 0 Å². The Morgan fingerprint density at radius 3 is 2.50 bits per heavy atom. The van der Waals surface area contributed by atoms with Crippen molar-refractivity contribution in [2.24, 2.45) is 0 Å². The molecule has 1 fully saturated rings. The minimum atomic E-state index is -1.20. The largest absolute Gasteiger partial charge is 0.598 e. The highest BCUT2D eigenvalue weighted by Gasteiger charge is 2.47. The van der Waals surface area contributed by atoms with Gasteiger partial charge in [-0.05, 0) is 63.8 Å². The van der Waals surface area contributed by atoms with E-state index in [4.69, 9.17) is 4.74 Å². The van der Waals surface area contributed by atoms with Crippen LogP contribution in [0.5, 0.6) is 0 Å². The second-order valence-corrected chi connectivity index (χ2v) is 9.48. The van der Waals surface area contributed by atoms with E-state index in [1.165, 1.54) is 7.11 Å². The van der Waals surface area contributed by atoms with Gasteiger partial charge in [0.2, 0.25) is 0 Å². The molecule has 22 heavy (non-hydrogen) atoms. The van der Waals surface area contributed by atoms with Crippen molar-refractivity contribution in [3.63, 3.8) is 0 Å². The van der Waals surface area contributed by atoms with Crippen LogP contribution in [-0.2, 0) is 21.6 Å². The fourth-order valence-corrected chi connectivity index (χ4v) is 3.82. The molecule has 0 radical (unpaired) electrons. The molecular weight excluding hydrogens is 366 g/mol. The Bertz CT molecular complexity index is 567. The van der Waals surface area contributed by atoms with Crippen molar-refractivity contribution >= 4 is 33.3 Å². The van der Waals surface area contributed by atoms with Gasteiger partial charge in [-0.2, -0.15) is 0 Å². The van der Waals surface area contributed by atoms with Crippen molar-refractivity contribution in [3.8, 4) is 0 Å². The van der Waals surface area contributed by atoms with Crippen molar-refractivity contribution in [1.29, 1.82) is 0 Å². The molecule has 122 valence electrons. The number of halogens is 1. The van der Waals surface area contributed by atoms with Crippen LogP contribution in [-0.4, -0.2) is 22.4 Å². The Labute approximate surface area is 143 Å². The summed E-state index contributed by atoms with van der Waals surface area (Å²) in [4.78, 5) is 12.1. The second kappa shape index (κ2) is 6.51. The minimum Gasteiger partial charge on any atom is -0.598 e. The predicted molar refractivity (Wildman–Crippen MR) is 92.0 cm³/mol. The van der Waals surface area contributed by atoms with E-state index in [1.54, 1.807) is 6.07 Å². The van der Waals surface area contributed by atoms with Gasteiger partial charge in [0.05, 0.1) is 18.2 Å². The molecule has 1 aliphatic rings. The van der Waals surface area contributed by atoms with Crippen LogP contribution in [0.3, 0.4) is 0 Å². The standard InChI is InChI=1S/C16H22BrNO3S/c1-15(2,3)22(20)18-16(8-5-9-16)13-10-11(17)6-7-12(13)14(19)21-4/h6-7,10,18H,5,8-9H2,1-4H3. The Kier molecular flexibility index (Phi) is 5.27. The summed E-state index contributed by atoms with van der Waals surface area (Å²) < 4.78 is 21.3. The third kappa shape index (κ3) is 3.50. The Balaban J connectivity index is 2.42. The van der Waals surface area contributed by atoms with E-state index in [2.05, 4.69) is 20.7 Å². The lowest BCUT2D eigenvalue weighted by molar-refractivity contribution is 0.0594. The van der Waals surface area contributed by atoms with Crippen molar-refractivity contribution < 1.29 is 14.1 Å². The van der Waals surface area contributed by atoms with Gasteiger partial charge in [0.25, 0.3) is 0 Å². The molecule has 1 N–H and O–H groups in total. The molecule has 0 aliphatic heterocycles. The number of hydrogen-bond donors (Lipinski definition) is 1. The average Bonchev–Trinajstić information content (AvgIpc) is 2.40. The first-order valence-corrected chi connectivity index (χ1v) is 9.22. The number of nitrogens with one attached hydrogen (secondary N) is 1. The van der Waals surface area contributed by atoms with Crippen LogP contribution in [0.4, 0.5) is 0 Å². The van der Waals surface area contributed by atoms with E-state index in [0.29, 0.717) is 5.56 Å². The first kappa shape index (κ1) is 17.8. The van der Waals surface area contributed by atoms with Crippen molar-refractivity contribution in [2.75, 3.05) is 7.11 Å². The summed E-state index contributed by atoms with van der Waals surface area (Å²) in [6.45, 7) is 5.81. The van der Waals surface area contributed by atoms with E-state index in [9.17, 15) is 9.35 Å². The maximum atomic E-state index is 12.6. The van der Waals surface area contributed by atoms with Crippen molar-refractivity contribution in [2.45, 2.75) is 50.3 Å². The number of hydrogen-bond acceptors (Lipinski definition) is 4. The first-order chi connectivity index (χ1) is 10.2. The molecule has 0 saturated heterocycles. The fraction of sp³-hybridized carbons (Fsp3) is 0.562. The third-order valence-corrected chi connectivity index (χ3v) is 6.14. The molecule has 4 nitrogen and oxygen atoms in total. The van der Waals surface area contributed by atoms with E-state index in [1.807, 2.05) is 32.9 Å². The topological polar surface area (TPSA) is 61.4 Å². The molecule has 6 heteroatoms. The molecule has 1 saturated carbocycles. The van der Waals surface area contributed by atoms with Gasteiger partial charge < -0.3 is 9.29 Å². The Morgan fingerprint density at radius 1 is 1.41 bits per heavy atom. The summed E-state index contributed by atoms with van der Waals surface area (Å²) in [6.07, 6.45) is 2.76. The van der Waals surface area contributed by atoms with E-state index in [-0.39, 0.29) is 10.7 Å². The third-order valence-electron chi connectivity index (χ3n) is 3.95. The molecule has 2 rings (SSSR count). The molecule has 1 atom stereocenters. The zero-order valence-electron chi connectivity index (χ0n) is 13.4. The van der Waals surface area contributed by atoms with Gasteiger partial charge in [-0.1, -0.05) is 15.9 Å². The first-order valence-electron chi connectivity index (χ1n) is 7.28. The summed E-state index contributed by atoms with van der Waals surface area (Å²) in [7, 11) is 1.38. The van der Waals surface area contributed by atoms with E-state index in [0.717, 1.165) is 29.3 Å². The maximum absolute atomic E-state index is 12.6. The SMILES string of the molecule is COC(=O)c1ccc(Br)cc1C1(N[S+]([O-])C(C)(C)C)CCC1. The molecule has 0 bridgehead atoms. The molecule has 1 aromatic rings. The maximum Gasteiger partial charge on any atom is 0.338 e. The molecule has 0 heterocycles. The van der Waals surface area contributed by atoms with Crippen LogP contribution in [0.2, 0.25) is 0 Å². The zero-order valence-corrected chi connectivity index (χ0v) is 15.8. The highest BCUT2D eigenvalue weighted by atomic mass is 79.9. The van der Waals surface area contributed by atoms with Crippen LogP contribution in [0, 0.1) is 0 Å². The summed E-state index contributed by atoms with van der Waals surface area (Å²) in [6, 6.07) is 5.51. The van der Waals surface area contributed by atoms with E-state index >= 15 is 0 Å². The Hall–Kier alpha value is -0.560. The summed E-state index contributed by atoms with van der Waals surface area (Å²) in [5.74, 6) is -0.364. The fourth-order valence-electron chi connectivity index (χ4n) is 2.49. The van der Waals surface area contributed by atoms with Crippen LogP contribution in [0.15, 0.2) is 22.7 Å². The van der Waals surface area contributed by atoms with Crippen LogP contribution in [0.1, 0.15) is 56.0 Å². The lowest BCUT2D eigenvalue weighted by Gasteiger charge is -2.44. The number of carbonyl (C=O) groups excluding carboxylic acids is 1. The molecule has 0 aromatic heterocycles. The molecule has 1 aromatic carbocycles. The summed E-state index contributed by atoms with van der Waals surface area (Å²) >= 11 is 2.26. The molecule has 0 amide bonds. The predicted octanol–water partition coefficient (Wildman–Crippen LogP) is 3.67. The Morgan fingerprint density at radius 2 is 2.05 bits per heavy atom. The summed E-state index contributed by atoms with van der Waals surface area (Å²) in [5.41, 5.74) is 0.965. The zero-order chi connectivity index (χ0) is 16.5. The van der Waals surface area contributed by atoms with Crippen molar-refractivity contribution in [3.05, 3.63) is 33.8 Å². The molecule has 1 unspecified atom stereocenters. The van der Waals surface area contributed by atoms with Crippen LogP contribution < -0.4 is 4.72 Å². The van der Waals surface area contributed by atoms with Gasteiger partial charge in [-0.3, -0.25) is 0 Å². The monoisotopic (exact) mass is 387 g/mol. The summed E-state index contributed by atoms with van der Waals surface area (Å²) in [5, 5.41) is 0. The second-order valence-electron chi connectivity index (χ2n) is 6.60. The van der Waals surface area contributed by atoms with Gasteiger partial charge in [-0.25, -0.2) is 4.79 Å². The quantitative estimate of drug-likeness (QED) is 0.632. The molecular formula is C16H22BrNO3S. The number of rotatable bonds is 4.